The van der Waals surface area contributed by atoms with Gasteiger partial charge in [-0.25, -0.2) is 9.18 Å². The van der Waals surface area contributed by atoms with Crippen LogP contribution in [-0.4, -0.2) is 9.78 Å². The first-order valence-corrected chi connectivity index (χ1v) is 7.45. The van der Waals surface area contributed by atoms with Gasteiger partial charge in [0.2, 0.25) is 5.89 Å². The highest BCUT2D eigenvalue weighted by Crippen LogP contribution is 2.17. The Hall–Kier alpha value is -2.69. The lowest BCUT2D eigenvalue weighted by atomic mass is 10.0. The van der Waals surface area contributed by atoms with Gasteiger partial charge in [-0.3, -0.25) is 0 Å². The van der Waals surface area contributed by atoms with Gasteiger partial charge in [0.1, 0.15) is 5.82 Å². The van der Waals surface area contributed by atoms with Crippen molar-refractivity contribution >= 4 is 0 Å². The number of hydrogen-bond donors (Lipinski definition) is 0. The lowest BCUT2D eigenvalue weighted by Gasteiger charge is -2.06. The molecular weight excluding hydrogens is 295 g/mol. The Morgan fingerprint density at radius 2 is 1.74 bits per heavy atom. The second-order valence-corrected chi connectivity index (χ2v) is 5.73. The molecule has 0 bridgehead atoms. The molecule has 1 aromatic heterocycles. The number of hydrogen-bond acceptors (Lipinski definition) is 3. The Balaban J connectivity index is 1.84. The summed E-state index contributed by atoms with van der Waals surface area (Å²) in [5.74, 6) is -0.226. The third kappa shape index (κ3) is 3.39. The summed E-state index contributed by atoms with van der Waals surface area (Å²) in [7, 11) is 0. The summed E-state index contributed by atoms with van der Waals surface area (Å²) in [6, 6.07) is 13.7. The summed E-state index contributed by atoms with van der Waals surface area (Å²) in [4.78, 5) is 11.9. The van der Waals surface area contributed by atoms with Crippen molar-refractivity contribution < 1.29 is 8.81 Å². The smallest absolute Gasteiger partial charge is 0.388 e. The molecule has 0 saturated carbocycles. The zero-order chi connectivity index (χ0) is 16.4. The second kappa shape index (κ2) is 6.20. The van der Waals surface area contributed by atoms with E-state index >= 15 is 0 Å². The van der Waals surface area contributed by atoms with Crippen molar-refractivity contribution in [3.05, 3.63) is 76.0 Å². The fourth-order valence-electron chi connectivity index (χ4n) is 2.30. The van der Waals surface area contributed by atoms with E-state index in [1.54, 1.807) is 0 Å². The minimum Gasteiger partial charge on any atom is -0.388 e. The van der Waals surface area contributed by atoms with Gasteiger partial charge in [-0.15, -0.1) is 5.10 Å². The Morgan fingerprint density at radius 3 is 2.35 bits per heavy atom. The summed E-state index contributed by atoms with van der Waals surface area (Å²) in [5, 5.41) is 4.18. The summed E-state index contributed by atoms with van der Waals surface area (Å²) in [5.41, 5.74) is 2.78. The first kappa shape index (κ1) is 15.2. The lowest BCUT2D eigenvalue weighted by molar-refractivity contribution is 0.495. The van der Waals surface area contributed by atoms with E-state index in [9.17, 15) is 9.18 Å². The molecule has 0 atom stereocenters. The molecule has 3 aromatic rings. The molecule has 0 radical (unpaired) electrons. The summed E-state index contributed by atoms with van der Waals surface area (Å²) in [6.45, 7) is 4.60. The molecule has 0 amide bonds. The van der Waals surface area contributed by atoms with Crippen LogP contribution in [0.15, 0.2) is 57.7 Å². The van der Waals surface area contributed by atoms with Gasteiger partial charge in [0.25, 0.3) is 0 Å². The first-order valence-electron chi connectivity index (χ1n) is 7.45. The maximum absolute atomic E-state index is 12.9. The van der Waals surface area contributed by atoms with E-state index < -0.39 is 5.76 Å². The van der Waals surface area contributed by atoms with E-state index in [1.807, 2.05) is 24.3 Å². The lowest BCUT2D eigenvalue weighted by Crippen LogP contribution is -2.16. The maximum Gasteiger partial charge on any atom is 0.437 e. The molecule has 1 heterocycles. The second-order valence-electron chi connectivity index (χ2n) is 5.73. The average molecular weight is 312 g/mol. The van der Waals surface area contributed by atoms with Gasteiger partial charge in [-0.1, -0.05) is 38.1 Å². The highest BCUT2D eigenvalue weighted by atomic mass is 19.1. The van der Waals surface area contributed by atoms with Crippen molar-refractivity contribution in [1.82, 2.24) is 9.78 Å². The van der Waals surface area contributed by atoms with Crippen LogP contribution in [0.2, 0.25) is 0 Å². The molecule has 0 aliphatic heterocycles. The number of rotatable bonds is 4. The molecule has 0 N–H and O–H groups in total. The molecule has 4 nitrogen and oxygen atoms in total. The third-order valence-corrected chi connectivity index (χ3v) is 3.68. The van der Waals surface area contributed by atoms with Crippen LogP contribution < -0.4 is 5.76 Å². The third-order valence-electron chi connectivity index (χ3n) is 3.68. The summed E-state index contributed by atoms with van der Waals surface area (Å²) < 4.78 is 19.4. The number of halogens is 1. The normalized spacial score (nSPS) is 11.1. The van der Waals surface area contributed by atoms with Gasteiger partial charge in [0.05, 0.1) is 6.54 Å². The van der Waals surface area contributed by atoms with Crippen molar-refractivity contribution in [2.75, 3.05) is 0 Å². The number of nitrogens with zero attached hydrogens (tertiary/aromatic N) is 2. The van der Waals surface area contributed by atoms with Crippen LogP contribution in [-0.2, 0) is 6.54 Å². The predicted molar refractivity (Wildman–Crippen MR) is 85.8 cm³/mol. The van der Waals surface area contributed by atoms with E-state index in [0.717, 1.165) is 5.56 Å². The van der Waals surface area contributed by atoms with Crippen molar-refractivity contribution in [2.45, 2.75) is 26.3 Å². The zero-order valence-corrected chi connectivity index (χ0v) is 13.0. The zero-order valence-electron chi connectivity index (χ0n) is 13.0. The molecule has 3 rings (SSSR count). The van der Waals surface area contributed by atoms with E-state index in [0.29, 0.717) is 18.0 Å². The van der Waals surface area contributed by atoms with Crippen molar-refractivity contribution in [2.24, 2.45) is 0 Å². The fraction of sp³-hybridized carbons (Fsp3) is 0.222. The molecule has 23 heavy (non-hydrogen) atoms. The van der Waals surface area contributed by atoms with Gasteiger partial charge in [0, 0.05) is 5.56 Å². The Kier molecular flexibility index (Phi) is 4.10. The minimum absolute atomic E-state index is 0.189. The van der Waals surface area contributed by atoms with E-state index in [1.165, 1.54) is 34.5 Å². The van der Waals surface area contributed by atoms with Crippen molar-refractivity contribution in [1.29, 1.82) is 0 Å². The van der Waals surface area contributed by atoms with Crippen LogP contribution in [0, 0.1) is 5.82 Å². The fourth-order valence-corrected chi connectivity index (χ4v) is 2.30. The Morgan fingerprint density at radius 1 is 1.09 bits per heavy atom. The SMILES string of the molecule is CC(C)c1ccc(Cn2nc(-c3ccc(F)cc3)oc2=O)cc1. The summed E-state index contributed by atoms with van der Waals surface area (Å²) >= 11 is 0. The quantitative estimate of drug-likeness (QED) is 0.736. The van der Waals surface area contributed by atoms with Crippen LogP contribution in [0.25, 0.3) is 11.5 Å². The van der Waals surface area contributed by atoms with Crippen LogP contribution >= 0.6 is 0 Å². The van der Waals surface area contributed by atoms with Crippen molar-refractivity contribution in [3.63, 3.8) is 0 Å². The molecule has 0 spiro atoms. The molecule has 0 saturated heterocycles. The van der Waals surface area contributed by atoms with Gasteiger partial charge < -0.3 is 4.42 Å². The van der Waals surface area contributed by atoms with E-state index in [4.69, 9.17) is 4.42 Å². The van der Waals surface area contributed by atoms with E-state index in [-0.39, 0.29) is 11.7 Å². The predicted octanol–water partition coefficient (Wildman–Crippen LogP) is 3.81. The molecular formula is C18H17FN2O2. The maximum atomic E-state index is 12.9. The molecule has 118 valence electrons. The molecule has 0 fully saturated rings. The molecule has 0 aliphatic carbocycles. The first-order chi connectivity index (χ1) is 11.0. The van der Waals surface area contributed by atoms with Crippen molar-refractivity contribution in [3.8, 4) is 11.5 Å². The molecule has 2 aromatic carbocycles. The van der Waals surface area contributed by atoms with Gasteiger partial charge in [-0.2, -0.15) is 4.68 Å². The monoisotopic (exact) mass is 312 g/mol. The topological polar surface area (TPSA) is 48.0 Å². The number of benzene rings is 2. The van der Waals surface area contributed by atoms with Crippen LogP contribution in [0.4, 0.5) is 4.39 Å². The highest BCUT2D eigenvalue weighted by Gasteiger charge is 2.11. The largest absolute Gasteiger partial charge is 0.437 e. The van der Waals surface area contributed by atoms with Crippen LogP contribution in [0.5, 0.6) is 0 Å². The molecule has 5 heteroatoms. The Labute approximate surface area is 133 Å². The Bertz CT molecular complexity index is 846. The van der Waals surface area contributed by atoms with Gasteiger partial charge >= 0.3 is 5.76 Å². The summed E-state index contributed by atoms with van der Waals surface area (Å²) in [6.07, 6.45) is 0. The standard InChI is InChI=1S/C18H17FN2O2/c1-12(2)14-5-3-13(4-6-14)11-21-18(22)23-17(20-21)15-7-9-16(19)10-8-15/h3-10,12H,11H2,1-2H3. The van der Waals surface area contributed by atoms with Gasteiger partial charge in [0.15, 0.2) is 0 Å². The highest BCUT2D eigenvalue weighted by molar-refractivity contribution is 5.51. The van der Waals surface area contributed by atoms with Crippen LogP contribution in [0.3, 0.4) is 0 Å². The minimum atomic E-state index is -0.530. The van der Waals surface area contributed by atoms with E-state index in [2.05, 4.69) is 18.9 Å². The number of aromatic nitrogens is 2. The average Bonchev–Trinajstić information content (AvgIpc) is 2.89. The molecule has 0 aliphatic rings. The van der Waals surface area contributed by atoms with Gasteiger partial charge in [-0.05, 0) is 41.3 Å². The molecule has 0 unspecified atom stereocenters. The van der Waals surface area contributed by atoms with Crippen LogP contribution in [0.1, 0.15) is 30.9 Å².